The number of benzene rings is 1. The molecule has 0 aromatic heterocycles. The van der Waals surface area contributed by atoms with Crippen LogP contribution in [-0.4, -0.2) is 17.1 Å². The van der Waals surface area contributed by atoms with Crippen LogP contribution in [-0.2, 0) is 4.79 Å². The van der Waals surface area contributed by atoms with E-state index in [-0.39, 0.29) is 17.9 Å². The second-order valence-corrected chi connectivity index (χ2v) is 10.7. The van der Waals surface area contributed by atoms with Crippen molar-refractivity contribution in [1.82, 2.24) is 0 Å². The predicted octanol–water partition coefficient (Wildman–Crippen LogP) is 9.83. The summed E-state index contributed by atoms with van der Waals surface area (Å²) in [6.45, 7) is 4.51. The molecule has 3 heteroatoms. The van der Waals surface area contributed by atoms with Crippen molar-refractivity contribution in [2.75, 3.05) is 5.32 Å². The summed E-state index contributed by atoms with van der Waals surface area (Å²) in [5, 5.41) is 13.8. The molecule has 0 bridgehead atoms. The number of aliphatic hydroxyl groups excluding tert-OH is 1. The lowest BCUT2D eigenvalue weighted by Gasteiger charge is -2.20. The molecule has 3 nitrogen and oxygen atoms in total. The number of nitrogens with one attached hydrogen (secondary N) is 1. The maximum absolute atomic E-state index is 13.0. The quantitative estimate of drug-likeness (QED) is 0.143. The minimum atomic E-state index is -0.371. The highest BCUT2D eigenvalue weighted by molar-refractivity contribution is 5.92. The van der Waals surface area contributed by atoms with Crippen LogP contribution >= 0.6 is 0 Å². The zero-order valence-electron chi connectivity index (χ0n) is 23.2. The van der Waals surface area contributed by atoms with Gasteiger partial charge in [-0.3, -0.25) is 4.79 Å². The van der Waals surface area contributed by atoms with Gasteiger partial charge in [0.2, 0.25) is 5.91 Å². The van der Waals surface area contributed by atoms with Crippen molar-refractivity contribution in [1.29, 1.82) is 0 Å². The molecule has 1 aromatic rings. The van der Waals surface area contributed by atoms with E-state index in [0.29, 0.717) is 6.42 Å². The van der Waals surface area contributed by atoms with Gasteiger partial charge in [0.05, 0.1) is 6.10 Å². The van der Waals surface area contributed by atoms with Gasteiger partial charge in [-0.15, -0.1) is 0 Å². The second-order valence-electron chi connectivity index (χ2n) is 10.7. The minimum Gasteiger partial charge on any atom is -0.393 e. The Balaban J connectivity index is 2.23. The molecule has 202 valence electrons. The van der Waals surface area contributed by atoms with Crippen LogP contribution in [0.2, 0.25) is 0 Å². The van der Waals surface area contributed by atoms with E-state index in [0.717, 1.165) is 31.4 Å². The summed E-state index contributed by atoms with van der Waals surface area (Å²) in [7, 11) is 0. The standard InChI is InChI=1S/C32H57NO2/c1-3-5-7-9-11-12-13-14-15-16-18-23-27-31(34)28-29(24-20-17-10-8-6-4-2)32(35)33-30-25-21-19-22-26-30/h19,21-22,25-26,29,31,34H,3-18,20,23-24,27-28H2,1-2H3,(H,33,35). The number of aliphatic hydroxyl groups is 1. The summed E-state index contributed by atoms with van der Waals surface area (Å²) in [4.78, 5) is 13.0. The fourth-order valence-corrected chi connectivity index (χ4v) is 4.96. The molecule has 0 radical (unpaired) electrons. The topological polar surface area (TPSA) is 49.3 Å². The van der Waals surface area contributed by atoms with Crippen LogP contribution < -0.4 is 5.32 Å². The molecule has 1 amide bonds. The van der Waals surface area contributed by atoms with Gasteiger partial charge in [0, 0.05) is 11.6 Å². The monoisotopic (exact) mass is 487 g/mol. The van der Waals surface area contributed by atoms with Gasteiger partial charge in [0.15, 0.2) is 0 Å². The van der Waals surface area contributed by atoms with E-state index in [1.807, 2.05) is 30.3 Å². The van der Waals surface area contributed by atoms with Gasteiger partial charge in [0.25, 0.3) is 0 Å². The van der Waals surface area contributed by atoms with Gasteiger partial charge in [-0.2, -0.15) is 0 Å². The van der Waals surface area contributed by atoms with Crippen molar-refractivity contribution in [2.45, 2.75) is 155 Å². The van der Waals surface area contributed by atoms with Gasteiger partial charge in [0.1, 0.15) is 0 Å². The average Bonchev–Trinajstić information content (AvgIpc) is 2.86. The highest BCUT2D eigenvalue weighted by atomic mass is 16.3. The number of hydrogen-bond donors (Lipinski definition) is 2. The molecule has 0 saturated carbocycles. The smallest absolute Gasteiger partial charge is 0.227 e. The summed E-state index contributed by atoms with van der Waals surface area (Å²) in [5.41, 5.74) is 0.848. The van der Waals surface area contributed by atoms with Crippen molar-refractivity contribution in [3.63, 3.8) is 0 Å². The fraction of sp³-hybridized carbons (Fsp3) is 0.781. The first-order valence-electron chi connectivity index (χ1n) is 15.2. The van der Waals surface area contributed by atoms with Gasteiger partial charge >= 0.3 is 0 Å². The molecule has 0 heterocycles. The van der Waals surface area contributed by atoms with Crippen LogP contribution in [0.4, 0.5) is 5.69 Å². The lowest BCUT2D eigenvalue weighted by atomic mass is 9.91. The van der Waals surface area contributed by atoms with Gasteiger partial charge in [-0.05, 0) is 31.4 Å². The van der Waals surface area contributed by atoms with E-state index in [9.17, 15) is 9.90 Å². The Morgan fingerprint density at radius 2 is 1.09 bits per heavy atom. The molecule has 0 aliphatic carbocycles. The van der Waals surface area contributed by atoms with E-state index in [4.69, 9.17) is 0 Å². The third kappa shape index (κ3) is 18.6. The van der Waals surface area contributed by atoms with Crippen molar-refractivity contribution < 1.29 is 9.90 Å². The zero-order valence-corrected chi connectivity index (χ0v) is 23.2. The lowest BCUT2D eigenvalue weighted by Crippen LogP contribution is -2.27. The molecule has 0 fully saturated rings. The molecule has 2 unspecified atom stereocenters. The molecule has 1 aromatic carbocycles. The minimum absolute atomic E-state index is 0.0681. The molecule has 0 spiro atoms. The van der Waals surface area contributed by atoms with Crippen LogP contribution in [0.15, 0.2) is 30.3 Å². The van der Waals surface area contributed by atoms with Crippen molar-refractivity contribution in [3.8, 4) is 0 Å². The number of para-hydroxylation sites is 1. The van der Waals surface area contributed by atoms with E-state index in [1.165, 1.54) is 103 Å². The van der Waals surface area contributed by atoms with Gasteiger partial charge < -0.3 is 10.4 Å². The first-order valence-corrected chi connectivity index (χ1v) is 15.2. The van der Waals surface area contributed by atoms with Crippen LogP contribution in [0.1, 0.15) is 149 Å². The summed E-state index contributed by atoms with van der Waals surface area (Å²) in [6.07, 6.45) is 25.2. The number of rotatable bonds is 24. The molecule has 1 rings (SSSR count). The van der Waals surface area contributed by atoms with Crippen LogP contribution in [0.25, 0.3) is 0 Å². The fourth-order valence-electron chi connectivity index (χ4n) is 4.96. The number of unbranched alkanes of at least 4 members (excludes halogenated alkanes) is 16. The predicted molar refractivity (Wildman–Crippen MR) is 153 cm³/mol. The Labute approximate surface area is 217 Å². The van der Waals surface area contributed by atoms with Crippen molar-refractivity contribution in [3.05, 3.63) is 30.3 Å². The zero-order chi connectivity index (χ0) is 25.4. The SMILES string of the molecule is CCCCCCCCCCCCCCC(O)CC(CCCCCCCC)C(=O)Nc1ccccc1. The number of carbonyl (C=O) groups excluding carboxylic acids is 1. The molecule has 35 heavy (non-hydrogen) atoms. The highest BCUT2D eigenvalue weighted by Crippen LogP contribution is 2.22. The molecule has 2 N–H and O–H groups in total. The van der Waals surface area contributed by atoms with E-state index in [2.05, 4.69) is 19.2 Å². The van der Waals surface area contributed by atoms with Gasteiger partial charge in [-0.25, -0.2) is 0 Å². The number of amides is 1. The summed E-state index contributed by atoms with van der Waals surface area (Å²) in [5.74, 6) is -0.0350. The molecule has 0 aliphatic heterocycles. The molecule has 0 saturated heterocycles. The van der Waals surface area contributed by atoms with Crippen molar-refractivity contribution in [2.24, 2.45) is 5.92 Å². The van der Waals surface area contributed by atoms with Crippen LogP contribution in [0.5, 0.6) is 0 Å². The maximum Gasteiger partial charge on any atom is 0.227 e. The third-order valence-corrected chi connectivity index (χ3v) is 7.27. The van der Waals surface area contributed by atoms with E-state index < -0.39 is 0 Å². The Morgan fingerprint density at radius 1 is 0.657 bits per heavy atom. The Bertz CT molecular complexity index is 588. The third-order valence-electron chi connectivity index (χ3n) is 7.27. The van der Waals surface area contributed by atoms with E-state index in [1.54, 1.807) is 0 Å². The first kappa shape index (κ1) is 31.7. The summed E-state index contributed by atoms with van der Waals surface area (Å²) in [6, 6.07) is 9.72. The molecular weight excluding hydrogens is 430 g/mol. The second kappa shape index (κ2) is 23.1. The summed E-state index contributed by atoms with van der Waals surface area (Å²) < 4.78 is 0. The molecule has 0 aliphatic rings. The molecule has 2 atom stereocenters. The largest absolute Gasteiger partial charge is 0.393 e. The number of hydrogen-bond acceptors (Lipinski definition) is 2. The highest BCUT2D eigenvalue weighted by Gasteiger charge is 2.22. The number of anilines is 1. The van der Waals surface area contributed by atoms with Crippen molar-refractivity contribution >= 4 is 11.6 Å². The average molecular weight is 488 g/mol. The maximum atomic E-state index is 13.0. The Kier molecular flexibility index (Phi) is 20.9. The van der Waals surface area contributed by atoms with Gasteiger partial charge in [-0.1, -0.05) is 148 Å². The van der Waals surface area contributed by atoms with E-state index >= 15 is 0 Å². The van der Waals surface area contributed by atoms with Crippen LogP contribution in [0.3, 0.4) is 0 Å². The number of carbonyl (C=O) groups is 1. The first-order chi connectivity index (χ1) is 17.2. The molecular formula is C32H57NO2. The normalized spacial score (nSPS) is 13.0. The lowest BCUT2D eigenvalue weighted by molar-refractivity contribution is -0.121. The Hall–Kier alpha value is -1.35. The summed E-state index contributed by atoms with van der Waals surface area (Å²) >= 11 is 0. The Morgan fingerprint density at radius 3 is 1.57 bits per heavy atom. The van der Waals surface area contributed by atoms with Crippen LogP contribution in [0, 0.1) is 5.92 Å².